The molecular formula is C18H22N4O2. The van der Waals surface area contributed by atoms with E-state index in [2.05, 4.69) is 15.3 Å². The number of benzene rings is 1. The maximum Gasteiger partial charge on any atom is 0.272 e. The minimum absolute atomic E-state index is 0.0790. The van der Waals surface area contributed by atoms with Gasteiger partial charge < -0.3 is 15.0 Å². The summed E-state index contributed by atoms with van der Waals surface area (Å²) in [4.78, 5) is 23.6. The third-order valence-corrected chi connectivity index (χ3v) is 3.71. The van der Waals surface area contributed by atoms with Crippen molar-refractivity contribution in [3.63, 3.8) is 0 Å². The zero-order valence-electron chi connectivity index (χ0n) is 14.0. The Labute approximate surface area is 141 Å². The van der Waals surface area contributed by atoms with E-state index in [1.807, 2.05) is 44.2 Å². The topological polar surface area (TPSA) is 67.4 Å². The number of ether oxygens (including phenoxy) is 1. The fourth-order valence-electron chi connectivity index (χ4n) is 2.57. The number of nitrogens with zero attached hydrogens (tertiary/aromatic N) is 3. The molecule has 1 aliphatic heterocycles. The van der Waals surface area contributed by atoms with Crippen LogP contribution in [0.15, 0.2) is 36.4 Å². The first kappa shape index (κ1) is 16.4. The van der Waals surface area contributed by atoms with Gasteiger partial charge in [-0.3, -0.25) is 4.79 Å². The monoisotopic (exact) mass is 326 g/mol. The quantitative estimate of drug-likeness (QED) is 0.935. The summed E-state index contributed by atoms with van der Waals surface area (Å²) in [5.74, 6) is 1.14. The number of aromatic nitrogens is 2. The van der Waals surface area contributed by atoms with Crippen molar-refractivity contribution in [1.29, 1.82) is 0 Å². The van der Waals surface area contributed by atoms with Crippen LogP contribution in [0.4, 0.5) is 5.82 Å². The number of nitrogens with one attached hydrogen (secondary N) is 1. The van der Waals surface area contributed by atoms with Gasteiger partial charge in [-0.05, 0) is 13.8 Å². The third kappa shape index (κ3) is 3.89. The Morgan fingerprint density at radius 2 is 1.88 bits per heavy atom. The van der Waals surface area contributed by atoms with Gasteiger partial charge in [-0.1, -0.05) is 30.3 Å². The largest absolute Gasteiger partial charge is 0.378 e. The summed E-state index contributed by atoms with van der Waals surface area (Å²) in [5, 5.41) is 3.27. The molecule has 3 rings (SSSR count). The van der Waals surface area contributed by atoms with E-state index in [0.717, 1.165) is 5.56 Å². The first-order valence-corrected chi connectivity index (χ1v) is 8.21. The molecule has 1 fully saturated rings. The molecule has 6 nitrogen and oxygen atoms in total. The van der Waals surface area contributed by atoms with E-state index >= 15 is 0 Å². The highest BCUT2D eigenvalue weighted by Gasteiger charge is 2.21. The van der Waals surface area contributed by atoms with Gasteiger partial charge >= 0.3 is 0 Å². The number of morpholine rings is 1. The SMILES string of the molecule is CC(C)Nc1cc(C(=O)N2CCOCC2)nc(-c2ccccc2)n1. The molecule has 2 aromatic rings. The summed E-state index contributed by atoms with van der Waals surface area (Å²) < 4.78 is 5.32. The van der Waals surface area contributed by atoms with Crippen molar-refractivity contribution in [2.24, 2.45) is 0 Å². The van der Waals surface area contributed by atoms with Crippen molar-refractivity contribution in [1.82, 2.24) is 14.9 Å². The molecule has 1 aromatic carbocycles. The van der Waals surface area contributed by atoms with Gasteiger partial charge in [-0.25, -0.2) is 9.97 Å². The Morgan fingerprint density at radius 1 is 1.17 bits per heavy atom. The number of hydrogen-bond donors (Lipinski definition) is 1. The van der Waals surface area contributed by atoms with Crippen LogP contribution in [-0.2, 0) is 4.74 Å². The molecule has 2 heterocycles. The van der Waals surface area contributed by atoms with E-state index in [4.69, 9.17) is 4.74 Å². The van der Waals surface area contributed by atoms with Crippen LogP contribution in [0.1, 0.15) is 24.3 Å². The second-order valence-electron chi connectivity index (χ2n) is 6.03. The number of carbonyl (C=O) groups excluding carboxylic acids is 1. The van der Waals surface area contributed by atoms with Crippen LogP contribution in [0, 0.1) is 0 Å². The van der Waals surface area contributed by atoms with Crippen LogP contribution in [0.2, 0.25) is 0 Å². The molecule has 6 heteroatoms. The normalized spacial score (nSPS) is 14.7. The van der Waals surface area contributed by atoms with Gasteiger partial charge in [0.15, 0.2) is 5.82 Å². The van der Waals surface area contributed by atoms with E-state index in [1.165, 1.54) is 0 Å². The molecule has 1 aliphatic rings. The predicted octanol–water partition coefficient (Wildman–Crippen LogP) is 2.44. The summed E-state index contributed by atoms with van der Waals surface area (Å²) in [5.41, 5.74) is 1.30. The summed E-state index contributed by atoms with van der Waals surface area (Å²) in [6.07, 6.45) is 0. The van der Waals surface area contributed by atoms with Crippen molar-refractivity contribution in [3.05, 3.63) is 42.1 Å². The second kappa shape index (κ2) is 7.40. The van der Waals surface area contributed by atoms with Crippen molar-refractivity contribution in [2.45, 2.75) is 19.9 Å². The Kier molecular flexibility index (Phi) is 5.05. The Morgan fingerprint density at radius 3 is 2.54 bits per heavy atom. The van der Waals surface area contributed by atoms with Crippen LogP contribution in [0.25, 0.3) is 11.4 Å². The first-order chi connectivity index (χ1) is 11.6. The standard InChI is InChI=1S/C18H22N4O2/c1-13(2)19-16-12-15(18(23)22-8-10-24-11-9-22)20-17(21-16)14-6-4-3-5-7-14/h3-7,12-13H,8-11H2,1-2H3,(H,19,20,21). The van der Waals surface area contributed by atoms with Crippen molar-refractivity contribution < 1.29 is 9.53 Å². The predicted molar refractivity (Wildman–Crippen MR) is 92.9 cm³/mol. The first-order valence-electron chi connectivity index (χ1n) is 8.21. The highest BCUT2D eigenvalue weighted by molar-refractivity contribution is 5.93. The molecule has 0 spiro atoms. The van der Waals surface area contributed by atoms with Crippen LogP contribution < -0.4 is 5.32 Å². The summed E-state index contributed by atoms with van der Waals surface area (Å²) in [7, 11) is 0. The molecule has 0 aliphatic carbocycles. The molecule has 0 bridgehead atoms. The van der Waals surface area contributed by atoms with Gasteiger partial charge in [0.1, 0.15) is 11.5 Å². The van der Waals surface area contributed by atoms with Crippen LogP contribution in [-0.4, -0.2) is 53.1 Å². The molecule has 1 amide bonds. The van der Waals surface area contributed by atoms with Crippen LogP contribution in [0.3, 0.4) is 0 Å². The van der Waals surface area contributed by atoms with E-state index < -0.39 is 0 Å². The molecule has 1 aromatic heterocycles. The lowest BCUT2D eigenvalue weighted by atomic mass is 10.2. The maximum atomic E-state index is 12.8. The van der Waals surface area contributed by atoms with E-state index in [0.29, 0.717) is 43.6 Å². The molecule has 24 heavy (non-hydrogen) atoms. The molecular weight excluding hydrogens is 304 g/mol. The van der Waals surface area contributed by atoms with E-state index in [1.54, 1.807) is 11.0 Å². The number of hydrogen-bond acceptors (Lipinski definition) is 5. The zero-order valence-corrected chi connectivity index (χ0v) is 14.0. The Bertz CT molecular complexity index is 697. The average molecular weight is 326 g/mol. The lowest BCUT2D eigenvalue weighted by molar-refractivity contribution is 0.0299. The smallest absolute Gasteiger partial charge is 0.272 e. The molecule has 0 saturated carbocycles. The number of amides is 1. The highest BCUT2D eigenvalue weighted by Crippen LogP contribution is 2.19. The average Bonchev–Trinajstić information content (AvgIpc) is 2.62. The molecule has 126 valence electrons. The lowest BCUT2D eigenvalue weighted by Crippen LogP contribution is -2.41. The zero-order chi connectivity index (χ0) is 16.9. The van der Waals surface area contributed by atoms with Gasteiger partial charge in [-0.2, -0.15) is 0 Å². The van der Waals surface area contributed by atoms with Gasteiger partial charge in [0.25, 0.3) is 5.91 Å². The van der Waals surface area contributed by atoms with E-state index in [9.17, 15) is 4.79 Å². The molecule has 0 unspecified atom stereocenters. The number of carbonyl (C=O) groups is 1. The fourth-order valence-corrected chi connectivity index (χ4v) is 2.57. The summed E-state index contributed by atoms with van der Waals surface area (Å²) in [6.45, 7) is 6.40. The van der Waals surface area contributed by atoms with Gasteiger partial charge in [-0.15, -0.1) is 0 Å². The van der Waals surface area contributed by atoms with Gasteiger partial charge in [0.2, 0.25) is 0 Å². The van der Waals surface area contributed by atoms with Crippen molar-refractivity contribution >= 4 is 11.7 Å². The Hall–Kier alpha value is -2.47. The molecule has 0 atom stereocenters. The fraction of sp³-hybridized carbons (Fsp3) is 0.389. The minimum atomic E-state index is -0.0790. The third-order valence-electron chi connectivity index (χ3n) is 3.71. The summed E-state index contributed by atoms with van der Waals surface area (Å²) in [6, 6.07) is 11.6. The summed E-state index contributed by atoms with van der Waals surface area (Å²) >= 11 is 0. The van der Waals surface area contributed by atoms with Crippen LogP contribution >= 0.6 is 0 Å². The second-order valence-corrected chi connectivity index (χ2v) is 6.03. The van der Waals surface area contributed by atoms with Gasteiger partial charge in [0, 0.05) is 30.8 Å². The lowest BCUT2D eigenvalue weighted by Gasteiger charge is -2.26. The van der Waals surface area contributed by atoms with Gasteiger partial charge in [0.05, 0.1) is 13.2 Å². The molecule has 0 radical (unpaired) electrons. The van der Waals surface area contributed by atoms with E-state index in [-0.39, 0.29) is 11.9 Å². The molecule has 1 saturated heterocycles. The van der Waals surface area contributed by atoms with Crippen LogP contribution in [0.5, 0.6) is 0 Å². The number of anilines is 1. The highest BCUT2D eigenvalue weighted by atomic mass is 16.5. The van der Waals surface area contributed by atoms with Crippen molar-refractivity contribution in [2.75, 3.05) is 31.6 Å². The van der Waals surface area contributed by atoms with Crippen molar-refractivity contribution in [3.8, 4) is 11.4 Å². The minimum Gasteiger partial charge on any atom is -0.378 e. The Balaban J connectivity index is 1.96. The number of rotatable bonds is 4. The molecule has 1 N–H and O–H groups in total. The maximum absolute atomic E-state index is 12.8.